The number of halogens is 1. The van der Waals surface area contributed by atoms with Gasteiger partial charge in [0.15, 0.2) is 5.13 Å². The van der Waals surface area contributed by atoms with Crippen molar-refractivity contribution in [2.24, 2.45) is 0 Å². The highest BCUT2D eigenvalue weighted by molar-refractivity contribution is 7.16. The van der Waals surface area contributed by atoms with Crippen molar-refractivity contribution in [2.75, 3.05) is 31.6 Å². The lowest BCUT2D eigenvalue weighted by molar-refractivity contribution is -0.115. The van der Waals surface area contributed by atoms with Crippen molar-refractivity contribution < 1.29 is 13.9 Å². The zero-order valence-electron chi connectivity index (χ0n) is 23.3. The second kappa shape index (κ2) is 11.0. The van der Waals surface area contributed by atoms with Crippen molar-refractivity contribution in [3.05, 3.63) is 89.2 Å². The number of carbonyl (C=O) groups is 1. The van der Waals surface area contributed by atoms with E-state index in [0.29, 0.717) is 16.3 Å². The van der Waals surface area contributed by atoms with Gasteiger partial charge in [0.25, 0.3) is 0 Å². The Balaban J connectivity index is 1.06. The van der Waals surface area contributed by atoms with Crippen LogP contribution in [0.3, 0.4) is 0 Å². The normalized spacial score (nSPS) is 16.5. The van der Waals surface area contributed by atoms with Gasteiger partial charge in [-0.2, -0.15) is 0 Å². The molecule has 0 radical (unpaired) electrons. The average molecular weight is 583 g/mol. The molecule has 1 amide bonds. The Labute approximate surface area is 247 Å². The minimum atomic E-state index is -0.427. The molecule has 0 spiro atoms. The zero-order valence-corrected chi connectivity index (χ0v) is 24.2. The highest BCUT2D eigenvalue weighted by Gasteiger charge is 2.43. The predicted octanol–water partition coefficient (Wildman–Crippen LogP) is 5.72. The first-order chi connectivity index (χ1) is 20.4. The van der Waals surface area contributed by atoms with E-state index < -0.39 is 5.82 Å². The predicted molar refractivity (Wildman–Crippen MR) is 161 cm³/mol. The number of pyridine rings is 2. The highest BCUT2D eigenvalue weighted by Crippen LogP contribution is 2.52. The third-order valence-corrected chi connectivity index (χ3v) is 9.51. The van der Waals surface area contributed by atoms with Gasteiger partial charge in [0.1, 0.15) is 11.5 Å². The van der Waals surface area contributed by atoms with Crippen LogP contribution >= 0.6 is 11.3 Å². The Kier molecular flexibility index (Phi) is 7.05. The summed E-state index contributed by atoms with van der Waals surface area (Å²) < 4.78 is 22.7. The third kappa shape index (κ3) is 5.45. The number of fused-ring (bicyclic) bond motifs is 1. The summed E-state index contributed by atoms with van der Waals surface area (Å²) in [4.78, 5) is 30.0. The van der Waals surface area contributed by atoms with Crippen LogP contribution in [0.1, 0.15) is 35.9 Å². The molecule has 1 N–H and O–H groups in total. The molecule has 214 valence electrons. The van der Waals surface area contributed by atoms with E-state index in [4.69, 9.17) is 9.72 Å². The van der Waals surface area contributed by atoms with E-state index in [-0.39, 0.29) is 17.7 Å². The zero-order chi connectivity index (χ0) is 28.7. The van der Waals surface area contributed by atoms with E-state index in [1.54, 1.807) is 36.0 Å². The Morgan fingerprint density at radius 1 is 1.07 bits per heavy atom. The van der Waals surface area contributed by atoms with Crippen molar-refractivity contribution in [1.29, 1.82) is 0 Å². The van der Waals surface area contributed by atoms with Crippen LogP contribution < -0.4 is 5.32 Å². The molecule has 2 fully saturated rings. The minimum Gasteiger partial charge on any atom is -0.379 e. The molecule has 10 heteroatoms. The number of aromatic nitrogens is 4. The van der Waals surface area contributed by atoms with E-state index in [1.807, 2.05) is 40.9 Å². The lowest BCUT2D eigenvalue weighted by Crippen LogP contribution is -2.36. The molecule has 1 aromatic carbocycles. The smallest absolute Gasteiger partial charge is 0.230 e. The number of hydrogen-bond donors (Lipinski definition) is 1. The molecule has 7 rings (SSSR count). The Morgan fingerprint density at radius 3 is 2.64 bits per heavy atom. The minimum absolute atomic E-state index is 0.0699. The number of rotatable bonds is 8. The maximum Gasteiger partial charge on any atom is 0.230 e. The molecule has 42 heavy (non-hydrogen) atoms. The third-order valence-electron chi connectivity index (χ3n) is 8.20. The van der Waals surface area contributed by atoms with Gasteiger partial charge in [0, 0.05) is 54.1 Å². The van der Waals surface area contributed by atoms with Crippen LogP contribution in [-0.4, -0.2) is 56.5 Å². The molecular formula is C32H31FN6O2S. The molecule has 5 heterocycles. The Bertz CT molecular complexity index is 1760. The van der Waals surface area contributed by atoms with Crippen molar-refractivity contribution >= 4 is 28.0 Å². The second-order valence-corrected chi connectivity index (χ2v) is 12.3. The fourth-order valence-corrected chi connectivity index (χ4v) is 6.67. The number of anilines is 1. The van der Waals surface area contributed by atoms with Crippen LogP contribution in [0.5, 0.6) is 0 Å². The van der Waals surface area contributed by atoms with Gasteiger partial charge in [-0.25, -0.2) is 14.4 Å². The summed E-state index contributed by atoms with van der Waals surface area (Å²) in [5.74, 6) is -0.705. The highest BCUT2D eigenvalue weighted by atomic mass is 32.1. The molecule has 8 nitrogen and oxygen atoms in total. The summed E-state index contributed by atoms with van der Waals surface area (Å²) in [5.41, 5.74) is 5.82. The fourth-order valence-electron chi connectivity index (χ4n) is 5.47. The van der Waals surface area contributed by atoms with Gasteiger partial charge in [0.05, 0.1) is 37.2 Å². The summed E-state index contributed by atoms with van der Waals surface area (Å²) in [6, 6.07) is 12.9. The number of hydrogen-bond acceptors (Lipinski definition) is 7. The number of nitrogens with zero attached hydrogens (tertiary/aromatic N) is 5. The topological polar surface area (TPSA) is 84.7 Å². The number of thiazole rings is 1. The standard InChI is InChI=1S/C32H31FN6O2S/c1-32(7-8-32)30-26(20-38-12-14-41-15-13-38)36-31(42-30)37-29(40)18-23-2-3-24(16-25(23)33)27-19-35-28-17-22(6-11-39(27)28)21-4-9-34-10-5-21/h2-6,9-11,16-17,19H,7-8,12-15,18,20H2,1H3,(H,36,37,40). The molecule has 1 saturated heterocycles. The Hall–Kier alpha value is -3.99. The van der Waals surface area contributed by atoms with Crippen molar-refractivity contribution in [1.82, 2.24) is 24.3 Å². The first-order valence-electron chi connectivity index (χ1n) is 14.2. The monoisotopic (exact) mass is 582 g/mol. The van der Waals surface area contributed by atoms with Crippen molar-refractivity contribution in [2.45, 2.75) is 38.1 Å². The van der Waals surface area contributed by atoms with Gasteiger partial charge in [-0.3, -0.25) is 19.1 Å². The molecular weight excluding hydrogens is 551 g/mol. The van der Waals surface area contributed by atoms with Gasteiger partial charge >= 0.3 is 0 Å². The number of nitrogens with one attached hydrogen (secondary N) is 1. The van der Waals surface area contributed by atoms with E-state index in [1.165, 1.54) is 10.9 Å². The largest absolute Gasteiger partial charge is 0.379 e. The van der Waals surface area contributed by atoms with E-state index in [0.717, 1.165) is 73.9 Å². The second-order valence-electron chi connectivity index (χ2n) is 11.3. The Morgan fingerprint density at radius 2 is 1.88 bits per heavy atom. The summed E-state index contributed by atoms with van der Waals surface area (Å²) >= 11 is 1.55. The van der Waals surface area contributed by atoms with Crippen LogP contribution in [0.2, 0.25) is 0 Å². The molecule has 2 aliphatic rings. The number of amides is 1. The first kappa shape index (κ1) is 26.9. The lowest BCUT2D eigenvalue weighted by atomic mass is 10.1. The number of morpholine rings is 1. The maximum atomic E-state index is 15.3. The number of ether oxygens (including phenoxy) is 1. The number of imidazole rings is 1. The lowest BCUT2D eigenvalue weighted by Gasteiger charge is -2.26. The molecule has 0 unspecified atom stereocenters. The molecule has 0 atom stereocenters. The van der Waals surface area contributed by atoms with Gasteiger partial charge in [-0.15, -0.1) is 11.3 Å². The van der Waals surface area contributed by atoms with Crippen LogP contribution in [-0.2, 0) is 27.9 Å². The van der Waals surface area contributed by atoms with Crippen LogP contribution in [0, 0.1) is 5.82 Å². The van der Waals surface area contributed by atoms with E-state index in [9.17, 15) is 4.79 Å². The molecule has 1 aliphatic heterocycles. The average Bonchev–Trinajstić information content (AvgIpc) is 3.41. The molecule has 5 aromatic rings. The SMILES string of the molecule is CC1(c2sc(NC(=O)Cc3ccc(-c4cnc5cc(-c6ccncc6)ccn45)cc3F)nc2CN2CCOCC2)CC1. The number of carbonyl (C=O) groups excluding carboxylic acids is 1. The van der Waals surface area contributed by atoms with Crippen LogP contribution in [0.4, 0.5) is 9.52 Å². The maximum absolute atomic E-state index is 15.3. The van der Waals surface area contributed by atoms with Gasteiger partial charge in [-0.05, 0) is 59.9 Å². The van der Waals surface area contributed by atoms with Crippen LogP contribution in [0.25, 0.3) is 28.0 Å². The molecule has 1 saturated carbocycles. The number of benzene rings is 1. The van der Waals surface area contributed by atoms with E-state index in [2.05, 4.69) is 27.1 Å². The van der Waals surface area contributed by atoms with Gasteiger partial charge in [-0.1, -0.05) is 19.1 Å². The summed E-state index contributed by atoms with van der Waals surface area (Å²) in [5, 5.41) is 3.52. The molecule has 1 aliphatic carbocycles. The van der Waals surface area contributed by atoms with E-state index >= 15 is 4.39 Å². The summed E-state index contributed by atoms with van der Waals surface area (Å²) in [6.45, 7) is 6.24. The quantitative estimate of drug-likeness (QED) is 0.252. The summed E-state index contributed by atoms with van der Waals surface area (Å²) in [6.07, 6.45) is 9.39. The molecule has 0 bridgehead atoms. The fraction of sp³-hybridized carbons (Fsp3) is 0.312. The first-order valence-corrected chi connectivity index (χ1v) is 15.0. The van der Waals surface area contributed by atoms with Gasteiger partial charge in [0.2, 0.25) is 5.91 Å². The van der Waals surface area contributed by atoms with Crippen molar-refractivity contribution in [3.8, 4) is 22.4 Å². The van der Waals surface area contributed by atoms with Crippen LogP contribution in [0.15, 0.2) is 67.3 Å². The van der Waals surface area contributed by atoms with Crippen molar-refractivity contribution in [3.63, 3.8) is 0 Å². The summed E-state index contributed by atoms with van der Waals surface area (Å²) in [7, 11) is 0. The van der Waals surface area contributed by atoms with Gasteiger partial charge < -0.3 is 10.1 Å². The molecule has 4 aromatic heterocycles.